The molecule has 1 saturated heterocycles. The van der Waals surface area contributed by atoms with Crippen LogP contribution in [0.3, 0.4) is 0 Å². The van der Waals surface area contributed by atoms with Crippen molar-refractivity contribution in [1.29, 1.82) is 0 Å². The van der Waals surface area contributed by atoms with E-state index < -0.39 is 6.10 Å². The van der Waals surface area contributed by atoms with Gasteiger partial charge in [-0.1, -0.05) is 13.8 Å². The molecule has 0 amide bonds. The van der Waals surface area contributed by atoms with Gasteiger partial charge in [0.25, 0.3) is 0 Å². The third kappa shape index (κ3) is 4.11. The molecule has 2 rings (SSSR count). The average molecular weight is 293 g/mol. The number of hydrogen-bond acceptors (Lipinski definition) is 4. The van der Waals surface area contributed by atoms with E-state index in [0.29, 0.717) is 17.7 Å². The molecule has 118 valence electrons. The standard InChI is InChI=1S/C17H27NO3/c1-17(2)7-9-18(10-8-17)12-15(19)14-6-5-13(20-3)11-16(14)21-4/h5-6,11,15,19H,7-10,12H2,1-4H3. The maximum Gasteiger partial charge on any atom is 0.128 e. The molecule has 1 aliphatic rings. The zero-order valence-electron chi connectivity index (χ0n) is 13.6. The molecule has 1 fully saturated rings. The van der Waals surface area contributed by atoms with Gasteiger partial charge in [-0.3, -0.25) is 0 Å². The van der Waals surface area contributed by atoms with E-state index in [9.17, 15) is 5.11 Å². The number of methoxy groups -OCH3 is 2. The summed E-state index contributed by atoms with van der Waals surface area (Å²) in [6.45, 7) is 7.37. The lowest BCUT2D eigenvalue weighted by molar-refractivity contribution is 0.0691. The van der Waals surface area contributed by atoms with Crippen LogP contribution in [0.4, 0.5) is 0 Å². The Bertz CT molecular complexity index is 463. The third-order valence-corrected chi connectivity index (χ3v) is 4.44. The minimum atomic E-state index is -0.535. The summed E-state index contributed by atoms with van der Waals surface area (Å²) in [5, 5.41) is 10.5. The van der Waals surface area contributed by atoms with Crippen molar-refractivity contribution < 1.29 is 14.6 Å². The molecule has 0 aromatic heterocycles. The van der Waals surface area contributed by atoms with Crippen LogP contribution in [0.15, 0.2) is 18.2 Å². The van der Waals surface area contributed by atoms with Crippen LogP contribution in [0, 0.1) is 5.41 Å². The van der Waals surface area contributed by atoms with Gasteiger partial charge >= 0.3 is 0 Å². The normalized spacial score (nSPS) is 20.0. The van der Waals surface area contributed by atoms with Gasteiger partial charge < -0.3 is 19.5 Å². The third-order valence-electron chi connectivity index (χ3n) is 4.44. The van der Waals surface area contributed by atoms with E-state index in [1.807, 2.05) is 18.2 Å². The van der Waals surface area contributed by atoms with Gasteiger partial charge in [0.15, 0.2) is 0 Å². The highest BCUT2D eigenvalue weighted by atomic mass is 16.5. The second-order valence-electron chi connectivity index (χ2n) is 6.59. The van der Waals surface area contributed by atoms with Crippen molar-refractivity contribution >= 4 is 0 Å². The van der Waals surface area contributed by atoms with Gasteiger partial charge in [-0.2, -0.15) is 0 Å². The zero-order chi connectivity index (χ0) is 15.5. The van der Waals surface area contributed by atoms with Crippen molar-refractivity contribution in [2.45, 2.75) is 32.8 Å². The molecule has 4 nitrogen and oxygen atoms in total. The molecule has 0 saturated carbocycles. The first-order valence-electron chi connectivity index (χ1n) is 7.57. The Hall–Kier alpha value is -1.26. The van der Waals surface area contributed by atoms with Crippen molar-refractivity contribution in [3.63, 3.8) is 0 Å². The summed E-state index contributed by atoms with van der Waals surface area (Å²) >= 11 is 0. The summed E-state index contributed by atoms with van der Waals surface area (Å²) in [5.74, 6) is 1.42. The number of piperidine rings is 1. The molecule has 1 unspecified atom stereocenters. The molecule has 0 bridgehead atoms. The highest BCUT2D eigenvalue weighted by Crippen LogP contribution is 2.33. The summed E-state index contributed by atoms with van der Waals surface area (Å²) in [4.78, 5) is 2.33. The molecule has 21 heavy (non-hydrogen) atoms. The lowest BCUT2D eigenvalue weighted by atomic mass is 9.82. The molecule has 0 spiro atoms. The summed E-state index contributed by atoms with van der Waals surface area (Å²) in [6.07, 6.45) is 1.82. The SMILES string of the molecule is COc1ccc(C(O)CN2CCC(C)(C)CC2)c(OC)c1. The van der Waals surface area contributed by atoms with Crippen molar-refractivity contribution in [2.75, 3.05) is 33.9 Å². The van der Waals surface area contributed by atoms with E-state index in [1.54, 1.807) is 14.2 Å². The molecule has 1 atom stereocenters. The zero-order valence-corrected chi connectivity index (χ0v) is 13.6. The van der Waals surface area contributed by atoms with Crippen LogP contribution >= 0.6 is 0 Å². The highest BCUT2D eigenvalue weighted by molar-refractivity contribution is 5.42. The van der Waals surface area contributed by atoms with Crippen LogP contribution < -0.4 is 9.47 Å². The lowest BCUT2D eigenvalue weighted by Crippen LogP contribution is -2.39. The summed E-state index contributed by atoms with van der Waals surface area (Å²) in [6, 6.07) is 5.56. The van der Waals surface area contributed by atoms with Gasteiger partial charge in [-0.05, 0) is 43.5 Å². The van der Waals surface area contributed by atoms with Crippen LogP contribution in [0.5, 0.6) is 11.5 Å². The van der Waals surface area contributed by atoms with Gasteiger partial charge in [0.05, 0.1) is 20.3 Å². The topological polar surface area (TPSA) is 41.9 Å². The molecule has 1 heterocycles. The number of hydrogen-bond donors (Lipinski definition) is 1. The Balaban J connectivity index is 2.02. The quantitative estimate of drug-likeness (QED) is 0.906. The molecule has 1 aromatic carbocycles. The number of aliphatic hydroxyl groups is 1. The fourth-order valence-electron chi connectivity index (χ4n) is 2.78. The monoisotopic (exact) mass is 293 g/mol. The first kappa shape index (κ1) is 16.1. The van der Waals surface area contributed by atoms with Gasteiger partial charge in [-0.15, -0.1) is 0 Å². The van der Waals surface area contributed by atoms with Gasteiger partial charge in [0, 0.05) is 18.2 Å². The summed E-state index contributed by atoms with van der Waals surface area (Å²) in [7, 11) is 3.24. The summed E-state index contributed by atoms with van der Waals surface area (Å²) < 4.78 is 10.6. The maximum atomic E-state index is 10.5. The predicted molar refractivity (Wildman–Crippen MR) is 84.0 cm³/mol. The van der Waals surface area contributed by atoms with Crippen molar-refractivity contribution in [3.05, 3.63) is 23.8 Å². The molecule has 1 N–H and O–H groups in total. The van der Waals surface area contributed by atoms with Gasteiger partial charge in [-0.25, -0.2) is 0 Å². The Morgan fingerprint density at radius 2 is 1.86 bits per heavy atom. The van der Waals surface area contributed by atoms with E-state index in [4.69, 9.17) is 9.47 Å². The fourth-order valence-corrected chi connectivity index (χ4v) is 2.78. The number of β-amino-alcohol motifs (C(OH)–C–C–N with tert-alkyl or cyclic N) is 1. The number of likely N-dealkylation sites (tertiary alicyclic amines) is 1. The lowest BCUT2D eigenvalue weighted by Gasteiger charge is -2.37. The fraction of sp³-hybridized carbons (Fsp3) is 0.647. The Labute approximate surface area is 127 Å². The van der Waals surface area contributed by atoms with Crippen LogP contribution in [0.2, 0.25) is 0 Å². The Kier molecular flexibility index (Phi) is 5.12. The van der Waals surface area contributed by atoms with Crippen molar-refractivity contribution in [2.24, 2.45) is 5.41 Å². The molecular weight excluding hydrogens is 266 g/mol. The Morgan fingerprint density at radius 1 is 1.19 bits per heavy atom. The van der Waals surface area contributed by atoms with Gasteiger partial charge in [0.2, 0.25) is 0 Å². The predicted octanol–water partition coefficient (Wildman–Crippen LogP) is 2.86. The molecule has 1 aliphatic heterocycles. The minimum absolute atomic E-state index is 0.430. The van der Waals surface area contributed by atoms with E-state index in [1.165, 1.54) is 12.8 Å². The number of rotatable bonds is 5. The summed E-state index contributed by atoms with van der Waals surface area (Å²) in [5.41, 5.74) is 1.25. The second kappa shape index (κ2) is 6.67. The van der Waals surface area contributed by atoms with Crippen LogP contribution in [0.25, 0.3) is 0 Å². The van der Waals surface area contributed by atoms with Crippen LogP contribution in [0.1, 0.15) is 38.4 Å². The van der Waals surface area contributed by atoms with Crippen LogP contribution in [-0.2, 0) is 0 Å². The van der Waals surface area contributed by atoms with E-state index in [2.05, 4.69) is 18.7 Å². The number of aliphatic hydroxyl groups excluding tert-OH is 1. The molecule has 0 aliphatic carbocycles. The number of nitrogens with zero attached hydrogens (tertiary/aromatic N) is 1. The van der Waals surface area contributed by atoms with Crippen molar-refractivity contribution in [3.8, 4) is 11.5 Å². The van der Waals surface area contributed by atoms with E-state index in [-0.39, 0.29) is 0 Å². The first-order valence-corrected chi connectivity index (χ1v) is 7.57. The molecule has 1 aromatic rings. The molecule has 0 radical (unpaired) electrons. The number of ether oxygens (including phenoxy) is 2. The van der Waals surface area contributed by atoms with E-state index in [0.717, 1.165) is 24.4 Å². The van der Waals surface area contributed by atoms with Gasteiger partial charge in [0.1, 0.15) is 11.5 Å². The largest absolute Gasteiger partial charge is 0.497 e. The highest BCUT2D eigenvalue weighted by Gasteiger charge is 2.27. The molecule has 4 heteroatoms. The number of benzene rings is 1. The minimum Gasteiger partial charge on any atom is -0.497 e. The maximum absolute atomic E-state index is 10.5. The Morgan fingerprint density at radius 3 is 2.43 bits per heavy atom. The van der Waals surface area contributed by atoms with Crippen molar-refractivity contribution in [1.82, 2.24) is 4.90 Å². The second-order valence-corrected chi connectivity index (χ2v) is 6.59. The van der Waals surface area contributed by atoms with Crippen LogP contribution in [-0.4, -0.2) is 43.9 Å². The first-order chi connectivity index (χ1) is 9.95. The molecular formula is C17H27NO3. The van der Waals surface area contributed by atoms with E-state index >= 15 is 0 Å². The smallest absolute Gasteiger partial charge is 0.128 e. The average Bonchev–Trinajstić information content (AvgIpc) is 2.48.